The van der Waals surface area contributed by atoms with Gasteiger partial charge in [-0.05, 0) is 31.2 Å². The maximum absolute atomic E-state index is 13.9. The maximum Gasteiger partial charge on any atom is 0.237 e. The Kier molecular flexibility index (Phi) is 8.02. The van der Waals surface area contributed by atoms with Crippen LogP contribution in [0, 0.1) is 5.82 Å². The van der Waals surface area contributed by atoms with Crippen LogP contribution in [0.4, 0.5) is 10.1 Å². The summed E-state index contributed by atoms with van der Waals surface area (Å²) in [7, 11) is 3.35. The fourth-order valence-corrected chi connectivity index (χ4v) is 3.95. The molecule has 0 N–H and O–H groups in total. The first-order chi connectivity index (χ1) is 15.0. The SMILES string of the molecule is COC[C@H](C)n1c(COc2ccccc2F)nnc1SCC(=O)N(C)c1ccccc1. The number of nitrogens with zero attached hydrogens (tertiary/aromatic N) is 4. The quantitative estimate of drug-likeness (QED) is 0.441. The van der Waals surface area contributed by atoms with Crippen LogP contribution in [0.1, 0.15) is 18.8 Å². The first-order valence-corrected chi connectivity index (χ1v) is 10.7. The lowest BCUT2D eigenvalue weighted by atomic mass is 10.3. The number of methoxy groups -OCH3 is 1. The molecule has 9 heteroatoms. The zero-order valence-corrected chi connectivity index (χ0v) is 18.5. The second kappa shape index (κ2) is 10.9. The standard InChI is InChI=1S/C22H25FN4O3S/c1-16(13-29-3)27-20(14-30-19-12-8-7-11-18(19)23)24-25-22(27)31-15-21(28)26(2)17-9-5-4-6-10-17/h4-12,16H,13-15H2,1-3H3/t16-/m0/s1. The monoisotopic (exact) mass is 444 g/mol. The molecule has 0 radical (unpaired) electrons. The molecule has 3 rings (SSSR count). The van der Waals surface area contributed by atoms with Crippen LogP contribution in [0.3, 0.4) is 0 Å². The lowest BCUT2D eigenvalue weighted by molar-refractivity contribution is -0.115. The lowest BCUT2D eigenvalue weighted by Crippen LogP contribution is -2.28. The van der Waals surface area contributed by atoms with Gasteiger partial charge in [0.15, 0.2) is 22.5 Å². The van der Waals surface area contributed by atoms with Crippen LogP contribution < -0.4 is 9.64 Å². The van der Waals surface area contributed by atoms with E-state index in [-0.39, 0.29) is 30.1 Å². The number of hydrogen-bond acceptors (Lipinski definition) is 6. The molecule has 1 atom stereocenters. The molecule has 0 saturated heterocycles. The Morgan fingerprint density at radius 1 is 1.16 bits per heavy atom. The highest BCUT2D eigenvalue weighted by atomic mass is 32.2. The van der Waals surface area contributed by atoms with Crippen LogP contribution >= 0.6 is 11.8 Å². The van der Waals surface area contributed by atoms with Gasteiger partial charge in [-0.1, -0.05) is 42.1 Å². The van der Waals surface area contributed by atoms with E-state index in [0.717, 1.165) is 5.69 Å². The summed E-state index contributed by atoms with van der Waals surface area (Å²) in [6.07, 6.45) is 0. The van der Waals surface area contributed by atoms with Crippen molar-refractivity contribution >= 4 is 23.4 Å². The number of para-hydroxylation sites is 2. The van der Waals surface area contributed by atoms with Gasteiger partial charge in [0.05, 0.1) is 18.4 Å². The van der Waals surface area contributed by atoms with Crippen molar-refractivity contribution in [1.29, 1.82) is 0 Å². The Hall–Kier alpha value is -2.91. The van der Waals surface area contributed by atoms with Crippen LogP contribution in [0.25, 0.3) is 0 Å². The number of aromatic nitrogens is 3. The highest BCUT2D eigenvalue weighted by molar-refractivity contribution is 7.99. The molecule has 3 aromatic rings. The largest absolute Gasteiger partial charge is 0.483 e. The summed E-state index contributed by atoms with van der Waals surface area (Å²) in [5.41, 5.74) is 0.821. The average Bonchev–Trinajstić information content (AvgIpc) is 3.20. The van der Waals surface area contributed by atoms with Gasteiger partial charge in [-0.25, -0.2) is 4.39 Å². The minimum atomic E-state index is -0.442. The third-order valence-corrected chi connectivity index (χ3v) is 5.55. The Morgan fingerprint density at radius 2 is 1.87 bits per heavy atom. The number of carbonyl (C=O) groups is 1. The summed E-state index contributed by atoms with van der Waals surface area (Å²) in [6, 6.07) is 15.5. The summed E-state index contributed by atoms with van der Waals surface area (Å²) >= 11 is 1.29. The Balaban J connectivity index is 1.72. The normalized spacial score (nSPS) is 11.9. The van der Waals surface area contributed by atoms with Crippen molar-refractivity contribution in [3.05, 3.63) is 66.2 Å². The maximum atomic E-state index is 13.9. The third-order valence-electron chi connectivity index (χ3n) is 4.62. The summed E-state index contributed by atoms with van der Waals surface area (Å²) in [4.78, 5) is 14.2. The molecule has 0 aliphatic carbocycles. The highest BCUT2D eigenvalue weighted by Gasteiger charge is 2.21. The third kappa shape index (κ3) is 5.83. The number of halogens is 1. The van der Waals surface area contributed by atoms with Gasteiger partial charge in [0, 0.05) is 19.8 Å². The molecule has 0 spiro atoms. The molecule has 0 bridgehead atoms. The molecular weight excluding hydrogens is 419 g/mol. The molecule has 0 fully saturated rings. The van der Waals surface area contributed by atoms with Gasteiger partial charge in [0.25, 0.3) is 0 Å². The van der Waals surface area contributed by atoms with Crippen LogP contribution in [0.5, 0.6) is 5.75 Å². The zero-order chi connectivity index (χ0) is 22.2. The number of benzene rings is 2. The molecule has 1 aromatic heterocycles. The summed E-state index contributed by atoms with van der Waals surface area (Å²) in [6.45, 7) is 2.43. The minimum absolute atomic E-state index is 0.0421. The number of anilines is 1. The van der Waals surface area contributed by atoms with E-state index in [1.54, 1.807) is 37.3 Å². The number of rotatable bonds is 10. The average molecular weight is 445 g/mol. The molecule has 0 unspecified atom stereocenters. The van der Waals surface area contributed by atoms with Crippen LogP contribution in [-0.4, -0.2) is 47.2 Å². The van der Waals surface area contributed by atoms with E-state index >= 15 is 0 Å². The highest BCUT2D eigenvalue weighted by Crippen LogP contribution is 2.25. The molecule has 7 nitrogen and oxygen atoms in total. The van der Waals surface area contributed by atoms with Crippen molar-refractivity contribution in [1.82, 2.24) is 14.8 Å². The molecular formula is C22H25FN4O3S. The molecule has 0 aliphatic heterocycles. The van der Waals surface area contributed by atoms with Gasteiger partial charge in [-0.3, -0.25) is 9.36 Å². The van der Waals surface area contributed by atoms with Crippen molar-refractivity contribution in [2.75, 3.05) is 31.4 Å². The predicted molar refractivity (Wildman–Crippen MR) is 118 cm³/mol. The smallest absolute Gasteiger partial charge is 0.237 e. The van der Waals surface area contributed by atoms with Gasteiger partial charge in [-0.2, -0.15) is 0 Å². The Labute approximate surface area is 185 Å². The van der Waals surface area contributed by atoms with Gasteiger partial charge < -0.3 is 14.4 Å². The second-order valence-corrected chi connectivity index (χ2v) is 7.81. The van der Waals surface area contributed by atoms with E-state index in [2.05, 4.69) is 10.2 Å². The van der Waals surface area contributed by atoms with Gasteiger partial charge in [0.2, 0.25) is 5.91 Å². The van der Waals surface area contributed by atoms with Crippen LogP contribution in [0.2, 0.25) is 0 Å². The van der Waals surface area contributed by atoms with Crippen molar-refractivity contribution in [3.8, 4) is 5.75 Å². The number of amides is 1. The van der Waals surface area contributed by atoms with Gasteiger partial charge >= 0.3 is 0 Å². The lowest BCUT2D eigenvalue weighted by Gasteiger charge is -2.19. The van der Waals surface area contributed by atoms with E-state index in [1.165, 1.54) is 17.8 Å². The molecule has 164 valence electrons. The molecule has 0 saturated carbocycles. The number of carbonyl (C=O) groups excluding carboxylic acids is 1. The summed E-state index contributed by atoms with van der Waals surface area (Å²) in [5, 5.41) is 9.02. The first-order valence-electron chi connectivity index (χ1n) is 9.75. The second-order valence-electron chi connectivity index (χ2n) is 6.87. The summed E-state index contributed by atoms with van der Waals surface area (Å²) < 4.78 is 26.6. The number of hydrogen-bond donors (Lipinski definition) is 0. The fourth-order valence-electron chi connectivity index (χ4n) is 2.99. The van der Waals surface area contributed by atoms with Gasteiger partial charge in [-0.15, -0.1) is 10.2 Å². The summed E-state index contributed by atoms with van der Waals surface area (Å²) in [5.74, 6) is 0.360. The van der Waals surface area contributed by atoms with E-state index < -0.39 is 5.82 Å². The fraction of sp³-hybridized carbons (Fsp3) is 0.318. The van der Waals surface area contributed by atoms with Crippen molar-refractivity contribution in [2.45, 2.75) is 24.7 Å². The minimum Gasteiger partial charge on any atom is -0.483 e. The Bertz CT molecular complexity index is 999. The van der Waals surface area contributed by atoms with Gasteiger partial charge in [0.1, 0.15) is 6.61 Å². The zero-order valence-electron chi connectivity index (χ0n) is 17.7. The molecule has 1 amide bonds. The van der Waals surface area contributed by atoms with Crippen LogP contribution in [-0.2, 0) is 16.1 Å². The molecule has 1 heterocycles. The van der Waals surface area contributed by atoms with E-state index in [1.807, 2.05) is 41.8 Å². The van der Waals surface area contributed by atoms with E-state index in [9.17, 15) is 9.18 Å². The molecule has 31 heavy (non-hydrogen) atoms. The van der Waals surface area contributed by atoms with Crippen molar-refractivity contribution in [2.24, 2.45) is 0 Å². The topological polar surface area (TPSA) is 69.5 Å². The van der Waals surface area contributed by atoms with Crippen molar-refractivity contribution in [3.63, 3.8) is 0 Å². The first kappa shape index (κ1) is 22.8. The molecule has 2 aromatic carbocycles. The number of ether oxygens (including phenoxy) is 2. The Morgan fingerprint density at radius 3 is 2.58 bits per heavy atom. The predicted octanol–water partition coefficient (Wildman–Crippen LogP) is 3.96. The van der Waals surface area contributed by atoms with E-state index in [0.29, 0.717) is 17.6 Å². The number of thioether (sulfide) groups is 1. The van der Waals surface area contributed by atoms with Crippen molar-refractivity contribution < 1.29 is 18.7 Å². The van der Waals surface area contributed by atoms with E-state index in [4.69, 9.17) is 9.47 Å². The molecule has 0 aliphatic rings. The van der Waals surface area contributed by atoms with Crippen LogP contribution in [0.15, 0.2) is 59.8 Å².